The van der Waals surface area contributed by atoms with Gasteiger partial charge in [-0.25, -0.2) is 0 Å². The lowest BCUT2D eigenvalue weighted by molar-refractivity contribution is 0.0127. The minimum Gasteiger partial charge on any atom is -0.299 e. The first-order valence-corrected chi connectivity index (χ1v) is 13.8. The molecule has 4 unspecified atom stereocenters. The van der Waals surface area contributed by atoms with Crippen LogP contribution in [0.4, 0.5) is 0 Å². The Labute approximate surface area is 197 Å². The van der Waals surface area contributed by atoms with E-state index < -0.39 is 0 Å². The van der Waals surface area contributed by atoms with E-state index in [4.69, 9.17) is 0 Å². The van der Waals surface area contributed by atoms with E-state index in [1.165, 1.54) is 77.8 Å². The third-order valence-electron chi connectivity index (χ3n) is 7.13. The van der Waals surface area contributed by atoms with Crippen LogP contribution in [0.15, 0.2) is 0 Å². The van der Waals surface area contributed by atoms with Gasteiger partial charge in [0, 0.05) is 24.2 Å². The molecule has 188 valence electrons. The summed E-state index contributed by atoms with van der Waals surface area (Å²) in [5.41, 5.74) is 0. The van der Waals surface area contributed by atoms with E-state index in [1.807, 2.05) is 0 Å². The maximum atomic E-state index is 2.77. The summed E-state index contributed by atoms with van der Waals surface area (Å²) in [6, 6.07) is 2.34. The molecule has 0 N–H and O–H groups in total. The van der Waals surface area contributed by atoms with Crippen molar-refractivity contribution in [1.82, 2.24) is 19.6 Å². The van der Waals surface area contributed by atoms with Crippen LogP contribution in [-0.4, -0.2) is 89.7 Å². The van der Waals surface area contributed by atoms with Crippen LogP contribution in [0.2, 0.25) is 0 Å². The summed E-state index contributed by atoms with van der Waals surface area (Å²) in [6.07, 6.45) is 7.41. The van der Waals surface area contributed by atoms with Gasteiger partial charge in [-0.1, -0.05) is 41.5 Å². The van der Waals surface area contributed by atoms with Crippen LogP contribution in [0, 0.1) is 0 Å². The fraction of sp³-hybridized carbons (Fsp3) is 1.00. The SMILES string of the molecule is CCCN(CCC)C(C)C(C)N(CCC)CN(CCC)C(C)C(C)N(CCC)CCC. The van der Waals surface area contributed by atoms with Crippen molar-refractivity contribution in [3.8, 4) is 0 Å². The molecule has 4 nitrogen and oxygen atoms in total. The minimum absolute atomic E-state index is 0.572. The van der Waals surface area contributed by atoms with Gasteiger partial charge in [-0.05, 0) is 105 Å². The lowest BCUT2D eigenvalue weighted by Gasteiger charge is -2.44. The zero-order valence-corrected chi connectivity index (χ0v) is 23.3. The zero-order chi connectivity index (χ0) is 23.8. The van der Waals surface area contributed by atoms with Gasteiger partial charge in [-0.3, -0.25) is 19.6 Å². The highest BCUT2D eigenvalue weighted by Crippen LogP contribution is 2.18. The largest absolute Gasteiger partial charge is 0.299 e. The summed E-state index contributed by atoms with van der Waals surface area (Å²) >= 11 is 0. The second-order valence-corrected chi connectivity index (χ2v) is 9.80. The monoisotopic (exact) mass is 440 g/mol. The van der Waals surface area contributed by atoms with Crippen LogP contribution in [0.25, 0.3) is 0 Å². The highest BCUT2D eigenvalue weighted by atomic mass is 15.4. The van der Waals surface area contributed by atoms with Gasteiger partial charge in [0.15, 0.2) is 0 Å². The Bertz CT molecular complexity index is 355. The van der Waals surface area contributed by atoms with Gasteiger partial charge in [0.2, 0.25) is 0 Å². The van der Waals surface area contributed by atoms with Crippen LogP contribution >= 0.6 is 0 Å². The van der Waals surface area contributed by atoms with Gasteiger partial charge in [0.1, 0.15) is 0 Å². The number of hydrogen-bond donors (Lipinski definition) is 0. The molecule has 4 heteroatoms. The first kappa shape index (κ1) is 30.8. The molecule has 0 aromatic heterocycles. The van der Waals surface area contributed by atoms with Gasteiger partial charge in [-0.2, -0.15) is 0 Å². The lowest BCUT2D eigenvalue weighted by atomic mass is 10.1. The zero-order valence-electron chi connectivity index (χ0n) is 23.3. The molecule has 4 atom stereocenters. The first-order valence-electron chi connectivity index (χ1n) is 13.8. The third-order valence-corrected chi connectivity index (χ3v) is 7.13. The third kappa shape index (κ3) is 11.0. The van der Waals surface area contributed by atoms with Crippen molar-refractivity contribution in [2.45, 2.75) is 132 Å². The summed E-state index contributed by atoms with van der Waals surface area (Å²) in [7, 11) is 0. The maximum Gasteiger partial charge on any atom is 0.0512 e. The fourth-order valence-corrected chi connectivity index (χ4v) is 5.02. The molecule has 31 heavy (non-hydrogen) atoms. The van der Waals surface area contributed by atoms with Crippen molar-refractivity contribution >= 4 is 0 Å². The average Bonchev–Trinajstić information content (AvgIpc) is 2.76. The number of hydrogen-bond acceptors (Lipinski definition) is 4. The molecule has 0 rings (SSSR count). The molecule has 0 heterocycles. The number of rotatable bonds is 20. The molecule has 0 radical (unpaired) electrons. The predicted molar refractivity (Wildman–Crippen MR) is 141 cm³/mol. The van der Waals surface area contributed by atoms with E-state index in [0.29, 0.717) is 24.2 Å². The molecule has 0 aromatic carbocycles. The van der Waals surface area contributed by atoms with Crippen LogP contribution in [0.5, 0.6) is 0 Å². The van der Waals surface area contributed by atoms with Gasteiger partial charge in [-0.15, -0.1) is 0 Å². The molecule has 0 bridgehead atoms. The van der Waals surface area contributed by atoms with Gasteiger partial charge in [0.25, 0.3) is 0 Å². The summed E-state index contributed by atoms with van der Waals surface area (Å²) in [6.45, 7) is 32.1. The van der Waals surface area contributed by atoms with E-state index in [9.17, 15) is 0 Å². The van der Waals surface area contributed by atoms with Gasteiger partial charge < -0.3 is 0 Å². The summed E-state index contributed by atoms with van der Waals surface area (Å²) in [5.74, 6) is 0. The Morgan fingerprint density at radius 3 is 0.774 bits per heavy atom. The maximum absolute atomic E-state index is 2.77. The number of nitrogens with zero attached hydrogens (tertiary/aromatic N) is 4. The molecule has 0 aliphatic carbocycles. The first-order chi connectivity index (χ1) is 14.8. The highest BCUT2D eigenvalue weighted by molar-refractivity contribution is 4.84. The standard InChI is InChI=1S/C27H60N4/c1-11-17-28(18-12-2)24(7)26(9)30(21-15-5)23-31(22-16-6)27(10)25(8)29(19-13-3)20-14-4/h24-27H,11-23H2,1-10H3. The van der Waals surface area contributed by atoms with Crippen molar-refractivity contribution in [1.29, 1.82) is 0 Å². The van der Waals surface area contributed by atoms with Crippen LogP contribution in [0.1, 0.15) is 108 Å². The molecule has 0 saturated carbocycles. The molecular weight excluding hydrogens is 380 g/mol. The smallest absolute Gasteiger partial charge is 0.0512 e. The van der Waals surface area contributed by atoms with Gasteiger partial charge >= 0.3 is 0 Å². The van der Waals surface area contributed by atoms with E-state index in [2.05, 4.69) is 88.8 Å². The molecule has 0 aliphatic heterocycles. The minimum atomic E-state index is 0.572. The topological polar surface area (TPSA) is 13.0 Å². The van der Waals surface area contributed by atoms with Crippen LogP contribution in [0.3, 0.4) is 0 Å². The second-order valence-electron chi connectivity index (χ2n) is 9.80. The molecule has 0 saturated heterocycles. The summed E-state index contributed by atoms with van der Waals surface area (Å²) < 4.78 is 0. The Kier molecular flexibility index (Phi) is 18.2. The Hall–Kier alpha value is -0.160. The molecule has 0 spiro atoms. The van der Waals surface area contributed by atoms with Crippen LogP contribution in [-0.2, 0) is 0 Å². The highest BCUT2D eigenvalue weighted by Gasteiger charge is 2.29. The predicted octanol–water partition coefficient (Wildman–Crippen LogP) is 6.17. The quantitative estimate of drug-likeness (QED) is 0.210. The lowest BCUT2D eigenvalue weighted by Crippen LogP contribution is -2.56. The molecule has 0 aromatic rings. The normalized spacial score (nSPS) is 16.5. The van der Waals surface area contributed by atoms with E-state index in [0.717, 1.165) is 6.67 Å². The van der Waals surface area contributed by atoms with Crippen molar-refractivity contribution in [3.05, 3.63) is 0 Å². The summed E-state index contributed by atoms with van der Waals surface area (Å²) in [5, 5.41) is 0. The molecule has 0 amide bonds. The average molecular weight is 441 g/mol. The van der Waals surface area contributed by atoms with Gasteiger partial charge in [0.05, 0.1) is 6.67 Å². The van der Waals surface area contributed by atoms with Crippen molar-refractivity contribution in [3.63, 3.8) is 0 Å². The Balaban J connectivity index is 5.46. The van der Waals surface area contributed by atoms with Crippen LogP contribution < -0.4 is 0 Å². The van der Waals surface area contributed by atoms with Crippen molar-refractivity contribution in [2.24, 2.45) is 0 Å². The van der Waals surface area contributed by atoms with Crippen molar-refractivity contribution < 1.29 is 0 Å². The van der Waals surface area contributed by atoms with Crippen molar-refractivity contribution in [2.75, 3.05) is 45.9 Å². The second kappa shape index (κ2) is 18.3. The van der Waals surface area contributed by atoms with E-state index in [-0.39, 0.29) is 0 Å². The molecule has 0 fully saturated rings. The Morgan fingerprint density at radius 1 is 0.355 bits per heavy atom. The van der Waals surface area contributed by atoms with E-state index in [1.54, 1.807) is 0 Å². The molecular formula is C27H60N4. The Morgan fingerprint density at radius 2 is 0.548 bits per heavy atom. The molecule has 0 aliphatic rings. The summed E-state index contributed by atoms with van der Waals surface area (Å²) in [4.78, 5) is 11.0. The fourth-order valence-electron chi connectivity index (χ4n) is 5.02. The van der Waals surface area contributed by atoms with E-state index >= 15 is 0 Å².